The molecule has 0 atom stereocenters. The largest absolute Gasteiger partial charge is 0.482 e. The number of hydrogen-bond acceptors (Lipinski definition) is 4. The number of H-pyrrole nitrogens is 1. The van der Waals surface area contributed by atoms with Crippen molar-refractivity contribution in [2.45, 2.75) is 13.0 Å². The van der Waals surface area contributed by atoms with Crippen LogP contribution in [0.5, 0.6) is 5.75 Å². The molecule has 0 radical (unpaired) electrons. The van der Waals surface area contributed by atoms with E-state index in [1.165, 1.54) is 6.07 Å². The summed E-state index contributed by atoms with van der Waals surface area (Å²) in [5.41, 5.74) is 1.93. The molecule has 0 unspecified atom stereocenters. The summed E-state index contributed by atoms with van der Waals surface area (Å²) >= 11 is 0. The maximum absolute atomic E-state index is 13.6. The van der Waals surface area contributed by atoms with E-state index in [9.17, 15) is 14.0 Å². The number of para-hydroxylation sites is 1. The number of ether oxygens (including phenoxy) is 1. The third-order valence-corrected chi connectivity index (χ3v) is 4.72. The van der Waals surface area contributed by atoms with Crippen molar-refractivity contribution >= 4 is 16.8 Å². The van der Waals surface area contributed by atoms with E-state index >= 15 is 0 Å². The van der Waals surface area contributed by atoms with E-state index in [-0.39, 0.29) is 18.1 Å². The van der Waals surface area contributed by atoms with Gasteiger partial charge in [-0.3, -0.25) is 9.59 Å². The summed E-state index contributed by atoms with van der Waals surface area (Å²) in [5.74, 6) is -1.12. The Bertz CT molecular complexity index is 1250. The van der Waals surface area contributed by atoms with Gasteiger partial charge in [0.05, 0.1) is 0 Å². The van der Waals surface area contributed by atoms with Crippen molar-refractivity contribution in [2.24, 2.45) is 0 Å². The number of fused-ring (bicyclic) bond motifs is 1. The molecule has 2 aromatic heterocycles. The molecule has 2 heterocycles. The maximum Gasteiger partial charge on any atom is 0.287 e. The quantitative estimate of drug-likeness (QED) is 0.489. The summed E-state index contributed by atoms with van der Waals surface area (Å²) in [6, 6.07) is 15.1. The number of carbonyl (C=O) groups is 1. The average molecular weight is 406 g/mol. The van der Waals surface area contributed by atoms with Crippen molar-refractivity contribution in [3.8, 4) is 5.75 Å². The zero-order valence-corrected chi connectivity index (χ0v) is 16.0. The monoisotopic (exact) mass is 406 g/mol. The van der Waals surface area contributed by atoms with Crippen LogP contribution in [0.1, 0.15) is 21.7 Å². The van der Waals surface area contributed by atoms with Gasteiger partial charge in [-0.25, -0.2) is 4.39 Å². The van der Waals surface area contributed by atoms with Crippen LogP contribution in [0.15, 0.2) is 76.3 Å². The highest BCUT2D eigenvalue weighted by atomic mass is 19.1. The number of halogens is 1. The zero-order chi connectivity index (χ0) is 20.9. The van der Waals surface area contributed by atoms with Crippen molar-refractivity contribution in [3.63, 3.8) is 0 Å². The molecule has 1 amide bonds. The van der Waals surface area contributed by atoms with Crippen LogP contribution in [0.3, 0.4) is 0 Å². The Morgan fingerprint density at radius 2 is 1.90 bits per heavy atom. The van der Waals surface area contributed by atoms with Crippen molar-refractivity contribution in [1.29, 1.82) is 0 Å². The molecule has 0 aliphatic rings. The fourth-order valence-electron chi connectivity index (χ4n) is 3.13. The highest BCUT2D eigenvalue weighted by Gasteiger charge is 2.13. The van der Waals surface area contributed by atoms with Gasteiger partial charge in [-0.1, -0.05) is 36.4 Å². The smallest absolute Gasteiger partial charge is 0.287 e. The summed E-state index contributed by atoms with van der Waals surface area (Å²) in [6.07, 6.45) is 3.61. The van der Waals surface area contributed by atoms with Crippen LogP contribution in [0.2, 0.25) is 0 Å². The SMILES string of the molecule is O=C(NCCc1c[nH]c2ccccc12)c1cc(=O)c(OCc2ccccc2F)co1. The van der Waals surface area contributed by atoms with Gasteiger partial charge in [-0.2, -0.15) is 0 Å². The van der Waals surface area contributed by atoms with Gasteiger partial charge in [0.15, 0.2) is 5.76 Å². The molecule has 152 valence electrons. The fraction of sp³-hybridized carbons (Fsp3) is 0.130. The highest BCUT2D eigenvalue weighted by Crippen LogP contribution is 2.18. The molecule has 0 saturated carbocycles. The summed E-state index contributed by atoms with van der Waals surface area (Å²) in [5, 5.41) is 3.84. The van der Waals surface area contributed by atoms with Crippen molar-refractivity contribution in [3.05, 3.63) is 100.0 Å². The van der Waals surface area contributed by atoms with E-state index in [2.05, 4.69) is 10.3 Å². The van der Waals surface area contributed by atoms with Crippen LogP contribution in [-0.4, -0.2) is 17.4 Å². The predicted octanol–water partition coefficient (Wildman–Crippen LogP) is 3.81. The third kappa shape index (κ3) is 4.25. The molecule has 0 saturated heterocycles. The normalized spacial score (nSPS) is 10.8. The van der Waals surface area contributed by atoms with Crippen LogP contribution in [0.4, 0.5) is 4.39 Å². The lowest BCUT2D eigenvalue weighted by molar-refractivity contribution is 0.0923. The molecule has 4 aromatic rings. The summed E-state index contributed by atoms with van der Waals surface area (Å²) in [6.45, 7) is 0.267. The number of aromatic nitrogens is 1. The second-order valence-corrected chi connectivity index (χ2v) is 6.72. The topological polar surface area (TPSA) is 84.3 Å². The Hall–Kier alpha value is -3.87. The van der Waals surface area contributed by atoms with E-state index < -0.39 is 17.2 Å². The van der Waals surface area contributed by atoms with Crippen molar-refractivity contribution in [2.75, 3.05) is 6.54 Å². The summed E-state index contributed by atoms with van der Waals surface area (Å²) in [7, 11) is 0. The first-order valence-electron chi connectivity index (χ1n) is 9.44. The van der Waals surface area contributed by atoms with Crippen molar-refractivity contribution < 1.29 is 18.3 Å². The molecule has 0 bridgehead atoms. The van der Waals surface area contributed by atoms with Crippen molar-refractivity contribution in [1.82, 2.24) is 10.3 Å². The number of benzene rings is 2. The van der Waals surface area contributed by atoms with E-state index in [0.29, 0.717) is 18.5 Å². The minimum absolute atomic E-state index is 0.0893. The van der Waals surface area contributed by atoms with E-state index in [4.69, 9.17) is 9.15 Å². The lowest BCUT2D eigenvalue weighted by Gasteiger charge is -2.07. The second-order valence-electron chi connectivity index (χ2n) is 6.72. The average Bonchev–Trinajstić information content (AvgIpc) is 3.17. The Balaban J connectivity index is 1.34. The molecule has 0 fully saturated rings. The molecule has 4 rings (SSSR count). The van der Waals surface area contributed by atoms with Gasteiger partial charge in [0.1, 0.15) is 18.7 Å². The molecular weight excluding hydrogens is 387 g/mol. The third-order valence-electron chi connectivity index (χ3n) is 4.72. The molecule has 2 N–H and O–H groups in total. The fourth-order valence-corrected chi connectivity index (χ4v) is 3.13. The van der Waals surface area contributed by atoms with Crippen LogP contribution in [-0.2, 0) is 13.0 Å². The Kier molecular flexibility index (Phi) is 5.61. The second kappa shape index (κ2) is 8.65. The van der Waals surface area contributed by atoms with Crippen LogP contribution in [0, 0.1) is 5.82 Å². The summed E-state index contributed by atoms with van der Waals surface area (Å²) < 4.78 is 24.2. The molecule has 0 spiro atoms. The number of amides is 1. The molecule has 30 heavy (non-hydrogen) atoms. The lowest BCUT2D eigenvalue weighted by Crippen LogP contribution is -2.26. The first kappa shape index (κ1) is 19.4. The summed E-state index contributed by atoms with van der Waals surface area (Å²) in [4.78, 5) is 27.7. The van der Waals surface area contributed by atoms with Gasteiger partial charge in [0.25, 0.3) is 5.91 Å². The predicted molar refractivity (Wildman–Crippen MR) is 110 cm³/mol. The Morgan fingerprint density at radius 3 is 2.73 bits per heavy atom. The molecule has 0 aliphatic carbocycles. The minimum Gasteiger partial charge on any atom is -0.482 e. The number of nitrogens with one attached hydrogen (secondary N) is 2. The highest BCUT2D eigenvalue weighted by molar-refractivity contribution is 5.91. The molecule has 2 aromatic carbocycles. The Labute approximate surface area is 171 Å². The molecular formula is C23H19FN2O4. The van der Waals surface area contributed by atoms with E-state index in [0.717, 1.165) is 28.8 Å². The van der Waals surface area contributed by atoms with E-state index in [1.807, 2.05) is 30.5 Å². The van der Waals surface area contributed by atoms with Gasteiger partial charge in [-0.05, 0) is 24.1 Å². The Morgan fingerprint density at radius 1 is 1.10 bits per heavy atom. The zero-order valence-electron chi connectivity index (χ0n) is 16.0. The number of carbonyl (C=O) groups excluding carboxylic acids is 1. The van der Waals surface area contributed by atoms with Gasteiger partial charge in [0.2, 0.25) is 11.2 Å². The van der Waals surface area contributed by atoms with E-state index in [1.54, 1.807) is 18.2 Å². The first-order chi connectivity index (χ1) is 14.6. The van der Waals surface area contributed by atoms with Crippen LogP contribution < -0.4 is 15.5 Å². The maximum atomic E-state index is 13.6. The first-order valence-corrected chi connectivity index (χ1v) is 9.44. The van der Waals surface area contributed by atoms with Gasteiger partial charge in [-0.15, -0.1) is 0 Å². The molecule has 7 heteroatoms. The molecule has 6 nitrogen and oxygen atoms in total. The number of hydrogen-bond donors (Lipinski definition) is 2. The standard InChI is InChI=1S/C23H19FN2O4/c24-18-7-3-1-5-16(18)13-29-22-14-30-21(11-20(22)27)23(28)25-10-9-15-12-26-19-8-4-2-6-17(15)19/h1-8,11-12,14,26H,9-10,13H2,(H,25,28). The van der Waals surface area contributed by atoms with Crippen LogP contribution >= 0.6 is 0 Å². The van der Waals surface area contributed by atoms with Gasteiger partial charge >= 0.3 is 0 Å². The minimum atomic E-state index is -0.514. The lowest BCUT2D eigenvalue weighted by atomic mass is 10.1. The van der Waals surface area contributed by atoms with Gasteiger partial charge in [0, 0.05) is 35.3 Å². The number of rotatable bonds is 7. The molecule has 0 aliphatic heterocycles. The van der Waals surface area contributed by atoms with Gasteiger partial charge < -0.3 is 19.5 Å². The van der Waals surface area contributed by atoms with Crippen LogP contribution in [0.25, 0.3) is 10.9 Å². The number of aromatic amines is 1.